The molecule has 1 aromatic heterocycles. The van der Waals surface area contributed by atoms with Gasteiger partial charge in [-0.15, -0.1) is 0 Å². The number of aryl methyl sites for hydroxylation is 1. The van der Waals surface area contributed by atoms with Crippen LogP contribution in [0.3, 0.4) is 0 Å². The van der Waals surface area contributed by atoms with Gasteiger partial charge in [0, 0.05) is 5.69 Å². The molecule has 3 nitrogen and oxygen atoms in total. The number of aromatic nitrogens is 2. The van der Waals surface area contributed by atoms with E-state index in [2.05, 4.69) is 4.98 Å². The Hall–Kier alpha value is -2.15. The van der Waals surface area contributed by atoms with E-state index in [4.69, 9.17) is 5.26 Å². The third kappa shape index (κ3) is 2.04. The summed E-state index contributed by atoms with van der Waals surface area (Å²) in [5.41, 5.74) is 2.75. The first kappa shape index (κ1) is 11.3. The summed E-state index contributed by atoms with van der Waals surface area (Å²) in [5.74, 6) is -0.473. The smallest absolute Gasteiger partial charge is 0.141 e. The highest BCUT2D eigenvalue weighted by molar-refractivity contribution is 5.39. The third-order valence-electron chi connectivity index (χ3n) is 2.90. The van der Waals surface area contributed by atoms with E-state index in [1.165, 1.54) is 6.07 Å². The van der Waals surface area contributed by atoms with Gasteiger partial charge in [0.2, 0.25) is 0 Å². The topological polar surface area (TPSA) is 41.6 Å². The monoisotopic (exact) mass is 229 g/mol. The fourth-order valence-corrected chi connectivity index (χ4v) is 1.71. The van der Waals surface area contributed by atoms with E-state index in [0.29, 0.717) is 12.1 Å². The molecular formula is C13H12FN3. The van der Waals surface area contributed by atoms with Gasteiger partial charge in [0.25, 0.3) is 0 Å². The van der Waals surface area contributed by atoms with Crippen molar-refractivity contribution in [3.8, 4) is 6.07 Å². The molecule has 0 aliphatic rings. The Morgan fingerprint density at radius 3 is 2.76 bits per heavy atom. The summed E-state index contributed by atoms with van der Waals surface area (Å²) in [6, 6.07) is 6.58. The lowest BCUT2D eigenvalue weighted by Gasteiger charge is -2.07. The largest absolute Gasteiger partial charge is 0.330 e. The van der Waals surface area contributed by atoms with Crippen LogP contribution in [0.5, 0.6) is 0 Å². The van der Waals surface area contributed by atoms with Gasteiger partial charge in [-0.3, -0.25) is 0 Å². The maximum atomic E-state index is 13.4. The highest BCUT2D eigenvalue weighted by Gasteiger charge is 2.09. The number of nitriles is 1. The molecule has 2 rings (SSSR count). The Balaban J connectivity index is 2.41. The van der Waals surface area contributed by atoms with Crippen LogP contribution in [-0.2, 0) is 6.54 Å². The minimum atomic E-state index is -0.473. The molecule has 1 heterocycles. The number of halogens is 1. The third-order valence-corrected chi connectivity index (χ3v) is 2.90. The molecule has 0 aliphatic heterocycles. The zero-order valence-electron chi connectivity index (χ0n) is 9.74. The van der Waals surface area contributed by atoms with Gasteiger partial charge in [-0.05, 0) is 25.5 Å². The van der Waals surface area contributed by atoms with Crippen molar-refractivity contribution < 1.29 is 4.39 Å². The summed E-state index contributed by atoms with van der Waals surface area (Å²) in [7, 11) is 0. The number of hydrogen-bond donors (Lipinski definition) is 0. The van der Waals surface area contributed by atoms with Gasteiger partial charge in [-0.25, -0.2) is 9.37 Å². The molecule has 0 radical (unpaired) electrons. The molecule has 0 bridgehead atoms. The Bertz CT molecular complexity index is 593. The minimum absolute atomic E-state index is 0.109. The Kier molecular flexibility index (Phi) is 2.92. The number of rotatable bonds is 2. The molecule has 2 aromatic rings. The van der Waals surface area contributed by atoms with Crippen molar-refractivity contribution in [2.75, 3.05) is 0 Å². The molecule has 0 spiro atoms. The van der Waals surface area contributed by atoms with E-state index in [0.717, 1.165) is 11.4 Å². The molecule has 0 unspecified atom stereocenters. The van der Waals surface area contributed by atoms with E-state index >= 15 is 0 Å². The predicted molar refractivity (Wildman–Crippen MR) is 61.9 cm³/mol. The van der Waals surface area contributed by atoms with Gasteiger partial charge in [-0.2, -0.15) is 5.26 Å². The van der Waals surface area contributed by atoms with Crippen molar-refractivity contribution in [3.63, 3.8) is 0 Å². The fourth-order valence-electron chi connectivity index (χ4n) is 1.71. The second-order valence-electron chi connectivity index (χ2n) is 3.93. The number of imidazole rings is 1. The molecule has 4 heteroatoms. The van der Waals surface area contributed by atoms with E-state index in [-0.39, 0.29) is 5.56 Å². The second-order valence-corrected chi connectivity index (χ2v) is 3.93. The van der Waals surface area contributed by atoms with E-state index in [9.17, 15) is 4.39 Å². The first-order valence-corrected chi connectivity index (χ1v) is 5.29. The zero-order valence-corrected chi connectivity index (χ0v) is 9.74. The lowest BCUT2D eigenvalue weighted by molar-refractivity contribution is 0.618. The molecule has 0 saturated heterocycles. The Labute approximate surface area is 99.1 Å². The van der Waals surface area contributed by atoms with Crippen molar-refractivity contribution >= 4 is 0 Å². The van der Waals surface area contributed by atoms with E-state index < -0.39 is 5.82 Å². The molecule has 0 fully saturated rings. The molecular weight excluding hydrogens is 217 g/mol. The SMILES string of the molecule is Cc1ncn(Cc2cccc(F)c2C#N)c1C. The molecule has 0 N–H and O–H groups in total. The normalized spacial score (nSPS) is 10.2. The first-order valence-electron chi connectivity index (χ1n) is 5.29. The van der Waals surface area contributed by atoms with Gasteiger partial charge in [0.15, 0.2) is 0 Å². The maximum Gasteiger partial charge on any atom is 0.141 e. The average molecular weight is 229 g/mol. The summed E-state index contributed by atoms with van der Waals surface area (Å²) < 4.78 is 15.3. The van der Waals surface area contributed by atoms with Crippen molar-refractivity contribution in [1.82, 2.24) is 9.55 Å². The predicted octanol–water partition coefficient (Wildman–Crippen LogP) is 2.56. The van der Waals surface area contributed by atoms with Gasteiger partial charge >= 0.3 is 0 Å². The van der Waals surface area contributed by atoms with Gasteiger partial charge in [0.1, 0.15) is 11.9 Å². The standard InChI is InChI=1S/C13H12FN3/c1-9-10(2)17(8-16-9)7-11-4-3-5-13(14)12(11)6-15/h3-5,8H,7H2,1-2H3. The molecule has 0 saturated carbocycles. The average Bonchev–Trinajstić information content (AvgIpc) is 2.61. The van der Waals surface area contributed by atoms with Gasteiger partial charge in [0.05, 0.1) is 24.1 Å². The van der Waals surface area contributed by atoms with E-state index in [1.54, 1.807) is 18.5 Å². The number of benzene rings is 1. The van der Waals surface area contributed by atoms with Crippen LogP contribution in [0.1, 0.15) is 22.5 Å². The summed E-state index contributed by atoms with van der Waals surface area (Å²) in [6.45, 7) is 4.34. The molecule has 86 valence electrons. The fraction of sp³-hybridized carbons (Fsp3) is 0.231. The quantitative estimate of drug-likeness (QED) is 0.794. The van der Waals surface area contributed by atoms with Crippen LogP contribution in [0.4, 0.5) is 4.39 Å². The van der Waals surface area contributed by atoms with E-state index in [1.807, 2.05) is 24.5 Å². The van der Waals surface area contributed by atoms with Crippen LogP contribution in [-0.4, -0.2) is 9.55 Å². The lowest BCUT2D eigenvalue weighted by Crippen LogP contribution is -2.04. The maximum absolute atomic E-state index is 13.4. The number of hydrogen-bond acceptors (Lipinski definition) is 2. The summed E-state index contributed by atoms with van der Waals surface area (Å²) in [5, 5.41) is 8.94. The molecule has 0 atom stereocenters. The van der Waals surface area contributed by atoms with Crippen LogP contribution in [0.2, 0.25) is 0 Å². The highest BCUT2D eigenvalue weighted by atomic mass is 19.1. The van der Waals surface area contributed by atoms with Gasteiger partial charge in [-0.1, -0.05) is 12.1 Å². The minimum Gasteiger partial charge on any atom is -0.330 e. The highest BCUT2D eigenvalue weighted by Crippen LogP contribution is 2.15. The van der Waals surface area contributed by atoms with Crippen LogP contribution >= 0.6 is 0 Å². The molecule has 0 amide bonds. The lowest BCUT2D eigenvalue weighted by atomic mass is 10.1. The Morgan fingerprint density at radius 2 is 2.18 bits per heavy atom. The molecule has 17 heavy (non-hydrogen) atoms. The van der Waals surface area contributed by atoms with Crippen LogP contribution in [0, 0.1) is 31.0 Å². The van der Waals surface area contributed by atoms with Crippen molar-refractivity contribution in [3.05, 3.63) is 52.9 Å². The molecule has 0 aliphatic carbocycles. The van der Waals surface area contributed by atoms with Crippen molar-refractivity contribution in [1.29, 1.82) is 5.26 Å². The first-order chi connectivity index (χ1) is 8.13. The summed E-state index contributed by atoms with van der Waals surface area (Å²) in [4.78, 5) is 4.18. The van der Waals surface area contributed by atoms with Crippen LogP contribution < -0.4 is 0 Å². The van der Waals surface area contributed by atoms with Gasteiger partial charge < -0.3 is 4.57 Å². The van der Waals surface area contributed by atoms with Crippen LogP contribution in [0.15, 0.2) is 24.5 Å². The van der Waals surface area contributed by atoms with Crippen molar-refractivity contribution in [2.45, 2.75) is 20.4 Å². The number of nitrogens with zero attached hydrogens (tertiary/aromatic N) is 3. The van der Waals surface area contributed by atoms with Crippen LogP contribution in [0.25, 0.3) is 0 Å². The Morgan fingerprint density at radius 1 is 1.41 bits per heavy atom. The second kappa shape index (κ2) is 4.38. The summed E-state index contributed by atoms with van der Waals surface area (Å²) in [6.07, 6.45) is 1.71. The van der Waals surface area contributed by atoms with Crippen molar-refractivity contribution in [2.24, 2.45) is 0 Å². The summed E-state index contributed by atoms with van der Waals surface area (Å²) >= 11 is 0. The molecule has 1 aromatic carbocycles. The zero-order chi connectivity index (χ0) is 12.4.